The Hall–Kier alpha value is -2.29. The van der Waals surface area contributed by atoms with Gasteiger partial charge in [0.05, 0.1) is 5.56 Å². The minimum absolute atomic E-state index is 0.300. The van der Waals surface area contributed by atoms with Crippen molar-refractivity contribution in [2.75, 3.05) is 5.32 Å². The van der Waals surface area contributed by atoms with Crippen LogP contribution in [-0.4, -0.2) is 11.6 Å². The molecule has 0 radical (unpaired) electrons. The highest BCUT2D eigenvalue weighted by molar-refractivity contribution is 5.90. The van der Waals surface area contributed by atoms with Crippen LogP contribution in [0.2, 0.25) is 0 Å². The maximum atomic E-state index is 12.0. The average molecular weight is 283 g/mol. The lowest BCUT2D eigenvalue weighted by Gasteiger charge is -2.19. The molecule has 0 aliphatic heterocycles. The predicted molar refractivity (Wildman–Crippen MR) is 85.4 cm³/mol. The third-order valence-electron chi connectivity index (χ3n) is 2.84. The summed E-state index contributed by atoms with van der Waals surface area (Å²) in [5.41, 5.74) is 2.18. The van der Waals surface area contributed by atoms with Crippen molar-refractivity contribution in [2.24, 2.45) is 0 Å². The molecular formula is C18H21NO2. The van der Waals surface area contributed by atoms with E-state index in [1.807, 2.05) is 57.2 Å². The van der Waals surface area contributed by atoms with Crippen molar-refractivity contribution in [3.05, 3.63) is 65.7 Å². The second-order valence-electron chi connectivity index (χ2n) is 5.92. The number of ether oxygens (including phenoxy) is 1. The normalized spacial score (nSPS) is 11.0. The third-order valence-corrected chi connectivity index (χ3v) is 2.84. The Morgan fingerprint density at radius 3 is 2.43 bits per heavy atom. The first-order valence-electron chi connectivity index (χ1n) is 7.05. The Morgan fingerprint density at radius 2 is 1.76 bits per heavy atom. The van der Waals surface area contributed by atoms with E-state index in [1.54, 1.807) is 6.07 Å². The molecule has 1 N–H and O–H groups in total. The average Bonchev–Trinajstić information content (AvgIpc) is 2.45. The highest BCUT2D eigenvalue weighted by Crippen LogP contribution is 2.16. The highest BCUT2D eigenvalue weighted by Gasteiger charge is 2.17. The fourth-order valence-electron chi connectivity index (χ4n) is 1.89. The van der Waals surface area contributed by atoms with Gasteiger partial charge in [-0.15, -0.1) is 0 Å². The van der Waals surface area contributed by atoms with Crippen LogP contribution in [0.5, 0.6) is 0 Å². The van der Waals surface area contributed by atoms with Crippen LogP contribution in [0.3, 0.4) is 0 Å². The molecule has 0 aliphatic carbocycles. The van der Waals surface area contributed by atoms with E-state index in [4.69, 9.17) is 4.74 Å². The van der Waals surface area contributed by atoms with Crippen LogP contribution in [-0.2, 0) is 11.3 Å². The number of rotatable bonds is 4. The maximum absolute atomic E-state index is 12.0. The molecule has 2 aromatic carbocycles. The number of hydrogen-bond acceptors (Lipinski definition) is 3. The third kappa shape index (κ3) is 4.95. The van der Waals surface area contributed by atoms with Crippen molar-refractivity contribution in [3.63, 3.8) is 0 Å². The van der Waals surface area contributed by atoms with Crippen molar-refractivity contribution in [1.29, 1.82) is 0 Å². The van der Waals surface area contributed by atoms with Gasteiger partial charge in [-0.1, -0.05) is 36.4 Å². The van der Waals surface area contributed by atoms with Gasteiger partial charge in [0.25, 0.3) is 0 Å². The van der Waals surface area contributed by atoms with Gasteiger partial charge in [-0.05, 0) is 44.5 Å². The summed E-state index contributed by atoms with van der Waals surface area (Å²) < 4.78 is 5.37. The molecule has 0 bridgehead atoms. The maximum Gasteiger partial charge on any atom is 0.338 e. The molecule has 21 heavy (non-hydrogen) atoms. The summed E-state index contributed by atoms with van der Waals surface area (Å²) in [4.78, 5) is 12.0. The Labute approximate surface area is 126 Å². The first-order valence-corrected chi connectivity index (χ1v) is 7.05. The zero-order valence-electron chi connectivity index (χ0n) is 12.7. The molecule has 0 aromatic heterocycles. The molecule has 0 heterocycles. The van der Waals surface area contributed by atoms with Crippen molar-refractivity contribution < 1.29 is 9.53 Å². The van der Waals surface area contributed by atoms with Crippen LogP contribution < -0.4 is 5.32 Å². The van der Waals surface area contributed by atoms with E-state index in [0.29, 0.717) is 5.56 Å². The van der Waals surface area contributed by atoms with Gasteiger partial charge in [0.2, 0.25) is 0 Å². The monoisotopic (exact) mass is 283 g/mol. The highest BCUT2D eigenvalue weighted by atomic mass is 16.6. The smallest absolute Gasteiger partial charge is 0.338 e. The Balaban J connectivity index is 2.02. The zero-order chi connectivity index (χ0) is 15.3. The number of hydrogen-bond donors (Lipinski definition) is 1. The van der Waals surface area contributed by atoms with Gasteiger partial charge < -0.3 is 10.1 Å². The second-order valence-corrected chi connectivity index (χ2v) is 5.92. The van der Waals surface area contributed by atoms with Crippen LogP contribution in [0, 0.1) is 0 Å². The van der Waals surface area contributed by atoms with Crippen LogP contribution in [0.1, 0.15) is 36.7 Å². The molecule has 0 saturated heterocycles. The van der Waals surface area contributed by atoms with Crippen LogP contribution >= 0.6 is 0 Å². The van der Waals surface area contributed by atoms with Crippen molar-refractivity contribution in [2.45, 2.75) is 32.9 Å². The summed E-state index contributed by atoms with van der Waals surface area (Å²) in [6, 6.07) is 17.5. The number of nitrogens with one attached hydrogen (secondary N) is 1. The molecule has 2 rings (SSSR count). The summed E-state index contributed by atoms with van der Waals surface area (Å²) in [6.45, 7) is 6.31. The fraction of sp³-hybridized carbons (Fsp3) is 0.278. The molecule has 0 aliphatic rings. The van der Waals surface area contributed by atoms with Gasteiger partial charge in [-0.3, -0.25) is 0 Å². The lowest BCUT2D eigenvalue weighted by atomic mass is 10.1. The molecule has 0 amide bonds. The van der Waals surface area contributed by atoms with E-state index in [9.17, 15) is 4.79 Å². The van der Waals surface area contributed by atoms with E-state index in [0.717, 1.165) is 12.2 Å². The van der Waals surface area contributed by atoms with Crippen LogP contribution in [0.4, 0.5) is 5.69 Å². The van der Waals surface area contributed by atoms with Crippen LogP contribution in [0.15, 0.2) is 54.6 Å². The standard InChI is InChI=1S/C18H21NO2/c1-18(2,3)21-17(20)15-10-7-11-16(12-15)19-13-14-8-5-4-6-9-14/h4-12,19H,13H2,1-3H3. The van der Waals surface area contributed by atoms with Gasteiger partial charge in [-0.2, -0.15) is 0 Å². The van der Waals surface area contributed by atoms with E-state index in [2.05, 4.69) is 17.4 Å². The summed E-state index contributed by atoms with van der Waals surface area (Å²) in [6.07, 6.45) is 0. The lowest BCUT2D eigenvalue weighted by molar-refractivity contribution is 0.00696. The lowest BCUT2D eigenvalue weighted by Crippen LogP contribution is -2.23. The number of carbonyl (C=O) groups is 1. The topological polar surface area (TPSA) is 38.3 Å². The van der Waals surface area contributed by atoms with Gasteiger partial charge >= 0.3 is 5.97 Å². The molecule has 3 heteroatoms. The molecular weight excluding hydrogens is 262 g/mol. The summed E-state index contributed by atoms with van der Waals surface area (Å²) >= 11 is 0. The predicted octanol–water partition coefficient (Wildman–Crippen LogP) is 4.25. The summed E-state index contributed by atoms with van der Waals surface area (Å²) in [5, 5.41) is 3.31. The Morgan fingerprint density at radius 1 is 1.05 bits per heavy atom. The first-order chi connectivity index (χ1) is 9.94. The van der Waals surface area contributed by atoms with Crippen molar-refractivity contribution in [3.8, 4) is 0 Å². The fourth-order valence-corrected chi connectivity index (χ4v) is 1.89. The number of carbonyl (C=O) groups excluding carboxylic acids is 1. The van der Waals surface area contributed by atoms with Gasteiger partial charge in [0, 0.05) is 12.2 Å². The molecule has 0 spiro atoms. The Bertz CT molecular complexity index is 600. The number of benzene rings is 2. The molecule has 3 nitrogen and oxygen atoms in total. The van der Waals surface area contributed by atoms with E-state index in [1.165, 1.54) is 5.56 Å². The van der Waals surface area contributed by atoms with Gasteiger partial charge in [0.1, 0.15) is 5.60 Å². The Kier molecular flexibility index (Phi) is 4.63. The van der Waals surface area contributed by atoms with E-state index >= 15 is 0 Å². The quantitative estimate of drug-likeness (QED) is 0.852. The van der Waals surface area contributed by atoms with Crippen molar-refractivity contribution in [1.82, 2.24) is 0 Å². The zero-order valence-corrected chi connectivity index (χ0v) is 12.7. The molecule has 0 atom stereocenters. The SMILES string of the molecule is CC(C)(C)OC(=O)c1cccc(NCc2ccccc2)c1. The largest absolute Gasteiger partial charge is 0.456 e. The van der Waals surface area contributed by atoms with E-state index < -0.39 is 5.60 Å². The molecule has 0 unspecified atom stereocenters. The molecule has 0 saturated carbocycles. The minimum atomic E-state index is -0.482. The van der Waals surface area contributed by atoms with Crippen LogP contribution in [0.25, 0.3) is 0 Å². The number of anilines is 1. The molecule has 0 fully saturated rings. The molecule has 2 aromatic rings. The minimum Gasteiger partial charge on any atom is -0.456 e. The van der Waals surface area contributed by atoms with Gasteiger partial charge in [0.15, 0.2) is 0 Å². The number of esters is 1. The second kappa shape index (κ2) is 6.44. The van der Waals surface area contributed by atoms with E-state index in [-0.39, 0.29) is 5.97 Å². The first kappa shape index (κ1) is 15.1. The van der Waals surface area contributed by atoms with Gasteiger partial charge in [-0.25, -0.2) is 4.79 Å². The summed E-state index contributed by atoms with van der Waals surface area (Å²) in [7, 11) is 0. The summed E-state index contributed by atoms with van der Waals surface area (Å²) in [5.74, 6) is -0.300. The molecule has 110 valence electrons. The van der Waals surface area contributed by atoms with Crippen molar-refractivity contribution >= 4 is 11.7 Å².